The lowest BCUT2D eigenvalue weighted by Crippen LogP contribution is -2.48. The van der Waals surface area contributed by atoms with Crippen molar-refractivity contribution in [1.82, 2.24) is 20.9 Å². The van der Waals surface area contributed by atoms with E-state index in [0.29, 0.717) is 17.5 Å². The first-order valence-electron chi connectivity index (χ1n) is 12.3. The van der Waals surface area contributed by atoms with Crippen LogP contribution >= 0.6 is 11.6 Å². The summed E-state index contributed by atoms with van der Waals surface area (Å²) in [5.74, 6) is 0.636. The number of nitrogens with zero attached hydrogens (tertiary/aromatic N) is 1. The van der Waals surface area contributed by atoms with Crippen LogP contribution in [0.5, 0.6) is 0 Å². The Balaban J connectivity index is 1.97. The molecule has 0 aromatic heterocycles. The maximum Gasteiger partial charge on any atom is 0.404 e. The van der Waals surface area contributed by atoms with Gasteiger partial charge < -0.3 is 30.7 Å². The second kappa shape index (κ2) is 15.1. The number of carbonyl (C=O) groups excluding carboxylic acids is 1. The van der Waals surface area contributed by atoms with Crippen molar-refractivity contribution in [3.63, 3.8) is 0 Å². The summed E-state index contributed by atoms with van der Waals surface area (Å²) in [4.78, 5) is 25.4. The number of ether oxygens (including phenoxy) is 1. The zero-order valence-corrected chi connectivity index (χ0v) is 21.4. The van der Waals surface area contributed by atoms with E-state index in [1.807, 2.05) is 32.2 Å². The zero-order valence-electron chi connectivity index (χ0n) is 20.7. The molecule has 9 heteroatoms. The predicted octanol–water partition coefficient (Wildman–Crippen LogP) is 4.50. The number of hydrogen-bond acceptors (Lipinski definition) is 4. The van der Waals surface area contributed by atoms with E-state index in [4.69, 9.17) is 21.4 Å². The van der Waals surface area contributed by atoms with Gasteiger partial charge in [-0.2, -0.15) is 0 Å². The number of halogens is 1. The van der Waals surface area contributed by atoms with Gasteiger partial charge in [-0.05, 0) is 37.1 Å². The van der Waals surface area contributed by atoms with Crippen LogP contribution in [0.4, 0.5) is 9.59 Å². The number of carbonyl (C=O) groups is 2. The van der Waals surface area contributed by atoms with Crippen LogP contribution in [-0.4, -0.2) is 68.5 Å². The molecule has 0 aliphatic heterocycles. The van der Waals surface area contributed by atoms with E-state index in [2.05, 4.69) is 16.0 Å². The first-order chi connectivity index (χ1) is 16.3. The number of carboxylic acid groups (broad SMARTS) is 1. The lowest BCUT2D eigenvalue weighted by atomic mass is 9.85. The highest BCUT2D eigenvalue weighted by Gasteiger charge is 2.25. The fraction of sp³-hybridized carbons (Fsp3) is 0.680. The van der Waals surface area contributed by atoms with Gasteiger partial charge in [-0.1, -0.05) is 62.8 Å². The SMILES string of the molecule is CNC[C@H](CC1CCCCC1)NC(=O)N(C)C[C@@H](C)[C@H](OCCNC(=O)O)c1cccc(Cl)c1. The van der Waals surface area contributed by atoms with Crippen molar-refractivity contribution in [2.24, 2.45) is 11.8 Å². The van der Waals surface area contributed by atoms with Gasteiger partial charge in [0.1, 0.15) is 0 Å². The second-order valence-electron chi connectivity index (χ2n) is 9.38. The van der Waals surface area contributed by atoms with Crippen LogP contribution in [0.3, 0.4) is 0 Å². The Labute approximate surface area is 208 Å². The van der Waals surface area contributed by atoms with Gasteiger partial charge >= 0.3 is 12.1 Å². The number of urea groups is 1. The molecular formula is C25H41ClN4O4. The molecule has 1 aromatic rings. The van der Waals surface area contributed by atoms with Crippen LogP contribution in [0, 0.1) is 11.8 Å². The molecule has 0 heterocycles. The maximum absolute atomic E-state index is 13.0. The summed E-state index contributed by atoms with van der Waals surface area (Å²) < 4.78 is 6.04. The van der Waals surface area contributed by atoms with Gasteiger partial charge in [0.2, 0.25) is 0 Å². The molecule has 0 saturated heterocycles. The normalized spacial score (nSPS) is 16.9. The van der Waals surface area contributed by atoms with Gasteiger partial charge in [0.05, 0.1) is 12.7 Å². The summed E-state index contributed by atoms with van der Waals surface area (Å²) in [6, 6.07) is 7.44. The van der Waals surface area contributed by atoms with Gasteiger partial charge in [0.15, 0.2) is 0 Å². The van der Waals surface area contributed by atoms with E-state index in [1.165, 1.54) is 32.1 Å². The average molecular weight is 497 g/mol. The van der Waals surface area contributed by atoms with E-state index >= 15 is 0 Å². The monoisotopic (exact) mass is 496 g/mol. The topological polar surface area (TPSA) is 103 Å². The summed E-state index contributed by atoms with van der Waals surface area (Å²) >= 11 is 6.19. The Bertz CT molecular complexity index is 760. The quantitative estimate of drug-likeness (QED) is 0.301. The van der Waals surface area contributed by atoms with Gasteiger partial charge in [-0.15, -0.1) is 0 Å². The molecule has 1 aliphatic rings. The Morgan fingerprint density at radius 2 is 2.00 bits per heavy atom. The molecule has 3 atom stereocenters. The molecule has 1 saturated carbocycles. The first-order valence-corrected chi connectivity index (χ1v) is 12.7. The van der Waals surface area contributed by atoms with Crippen molar-refractivity contribution in [2.45, 2.75) is 57.6 Å². The van der Waals surface area contributed by atoms with E-state index < -0.39 is 6.09 Å². The predicted molar refractivity (Wildman–Crippen MR) is 135 cm³/mol. The summed E-state index contributed by atoms with van der Waals surface area (Å²) in [7, 11) is 3.71. The van der Waals surface area contributed by atoms with Crippen LogP contribution in [0.15, 0.2) is 24.3 Å². The van der Waals surface area contributed by atoms with Gasteiger partial charge in [0, 0.05) is 43.7 Å². The fourth-order valence-corrected chi connectivity index (χ4v) is 4.98. The van der Waals surface area contributed by atoms with Crippen molar-refractivity contribution < 1.29 is 19.4 Å². The van der Waals surface area contributed by atoms with Gasteiger partial charge in [-0.25, -0.2) is 9.59 Å². The van der Waals surface area contributed by atoms with Crippen molar-refractivity contribution >= 4 is 23.7 Å². The molecule has 1 aliphatic carbocycles. The number of rotatable bonds is 13. The van der Waals surface area contributed by atoms with Gasteiger partial charge in [-0.3, -0.25) is 0 Å². The lowest BCUT2D eigenvalue weighted by molar-refractivity contribution is 0.0115. The summed E-state index contributed by atoms with van der Waals surface area (Å²) in [6.07, 6.45) is 5.97. The van der Waals surface area contributed by atoms with Crippen LogP contribution in [0.25, 0.3) is 0 Å². The molecule has 3 amide bonds. The molecule has 34 heavy (non-hydrogen) atoms. The number of benzene rings is 1. The molecule has 0 unspecified atom stereocenters. The molecule has 4 N–H and O–H groups in total. The summed E-state index contributed by atoms with van der Waals surface area (Å²) in [5, 5.41) is 18.1. The third kappa shape index (κ3) is 10.1. The molecule has 0 bridgehead atoms. The standard InChI is InChI=1S/C25H41ClN4O4/c1-18(23(34-13-12-28-25(32)33)20-10-7-11-21(26)15-20)17-30(3)24(31)29-22(16-27-2)14-19-8-5-4-6-9-19/h7,10-11,15,18-19,22-23,27-28H,4-6,8-9,12-14,16-17H2,1-3H3,(H,29,31)(H,32,33)/t18-,22+,23+/m1/s1. The van der Waals surface area contributed by atoms with E-state index in [9.17, 15) is 9.59 Å². The summed E-state index contributed by atoms with van der Waals surface area (Å²) in [5.41, 5.74) is 0.898. The molecule has 1 aromatic carbocycles. The Morgan fingerprint density at radius 3 is 2.65 bits per heavy atom. The van der Waals surface area contributed by atoms with Crippen molar-refractivity contribution in [3.8, 4) is 0 Å². The minimum absolute atomic E-state index is 0.0415. The zero-order chi connectivity index (χ0) is 24.9. The molecule has 192 valence electrons. The minimum Gasteiger partial charge on any atom is -0.465 e. The highest BCUT2D eigenvalue weighted by atomic mass is 35.5. The van der Waals surface area contributed by atoms with E-state index in [1.54, 1.807) is 18.0 Å². The Kier molecular flexibility index (Phi) is 12.5. The molecule has 0 spiro atoms. The smallest absolute Gasteiger partial charge is 0.404 e. The summed E-state index contributed by atoms with van der Waals surface area (Å²) in [6.45, 7) is 3.65. The second-order valence-corrected chi connectivity index (χ2v) is 9.82. The van der Waals surface area contributed by atoms with Crippen molar-refractivity contribution in [3.05, 3.63) is 34.9 Å². The Hall–Kier alpha value is -2.03. The molecular weight excluding hydrogens is 456 g/mol. The lowest BCUT2D eigenvalue weighted by Gasteiger charge is -2.31. The third-order valence-corrected chi connectivity index (χ3v) is 6.63. The van der Waals surface area contributed by atoms with Crippen LogP contribution in [-0.2, 0) is 4.74 Å². The molecule has 0 radical (unpaired) electrons. The number of hydrogen-bond donors (Lipinski definition) is 4. The highest BCUT2D eigenvalue weighted by molar-refractivity contribution is 6.30. The van der Waals surface area contributed by atoms with E-state index in [-0.39, 0.29) is 37.2 Å². The fourth-order valence-electron chi connectivity index (χ4n) is 4.78. The molecule has 1 fully saturated rings. The maximum atomic E-state index is 13.0. The number of nitrogens with one attached hydrogen (secondary N) is 3. The van der Waals surface area contributed by atoms with Crippen LogP contribution in [0.2, 0.25) is 5.02 Å². The number of likely N-dealkylation sites (N-methyl/N-ethyl adjacent to an activating group) is 1. The van der Waals surface area contributed by atoms with Crippen LogP contribution < -0.4 is 16.0 Å². The third-order valence-electron chi connectivity index (χ3n) is 6.40. The highest BCUT2D eigenvalue weighted by Crippen LogP contribution is 2.29. The largest absolute Gasteiger partial charge is 0.465 e. The van der Waals surface area contributed by atoms with Crippen molar-refractivity contribution in [1.29, 1.82) is 0 Å². The first kappa shape index (κ1) is 28.2. The molecule has 8 nitrogen and oxygen atoms in total. The molecule has 2 rings (SSSR count). The number of amides is 3. The Morgan fingerprint density at radius 1 is 1.26 bits per heavy atom. The van der Waals surface area contributed by atoms with E-state index in [0.717, 1.165) is 18.5 Å². The van der Waals surface area contributed by atoms with Crippen LogP contribution in [0.1, 0.15) is 57.1 Å². The average Bonchev–Trinajstić information content (AvgIpc) is 2.79. The van der Waals surface area contributed by atoms with Gasteiger partial charge in [0.25, 0.3) is 0 Å². The van der Waals surface area contributed by atoms with Crippen molar-refractivity contribution in [2.75, 3.05) is 40.3 Å². The minimum atomic E-state index is -1.09.